The summed E-state index contributed by atoms with van der Waals surface area (Å²) in [4.78, 5) is 7.37. The van der Waals surface area contributed by atoms with E-state index in [4.69, 9.17) is 14.5 Å². The van der Waals surface area contributed by atoms with Gasteiger partial charge in [-0.3, -0.25) is 4.90 Å². The normalized spacial score (nSPS) is 15.0. The molecule has 166 valence electrons. The SMILES string of the molecule is CCNC(=NCc1ccccc1CN1CCCCC1)NCCCOCCOC.I. The summed E-state index contributed by atoms with van der Waals surface area (Å²) in [6.07, 6.45) is 4.96. The number of aliphatic imine (C=N–C) groups is 1. The van der Waals surface area contributed by atoms with Crippen LogP contribution < -0.4 is 10.6 Å². The van der Waals surface area contributed by atoms with Gasteiger partial charge in [-0.2, -0.15) is 0 Å². The molecule has 0 aliphatic carbocycles. The Morgan fingerprint density at radius 2 is 1.79 bits per heavy atom. The van der Waals surface area contributed by atoms with E-state index in [-0.39, 0.29) is 24.0 Å². The molecule has 6 nitrogen and oxygen atoms in total. The predicted molar refractivity (Wildman–Crippen MR) is 131 cm³/mol. The fourth-order valence-corrected chi connectivity index (χ4v) is 3.36. The van der Waals surface area contributed by atoms with Gasteiger partial charge < -0.3 is 20.1 Å². The minimum atomic E-state index is 0. The Morgan fingerprint density at radius 3 is 2.52 bits per heavy atom. The van der Waals surface area contributed by atoms with Crippen molar-refractivity contribution in [1.29, 1.82) is 0 Å². The van der Waals surface area contributed by atoms with E-state index in [0.29, 0.717) is 19.8 Å². The molecule has 0 unspecified atom stereocenters. The molecule has 1 aromatic carbocycles. The van der Waals surface area contributed by atoms with Crippen molar-refractivity contribution >= 4 is 29.9 Å². The molecule has 1 aliphatic heterocycles. The zero-order valence-electron chi connectivity index (χ0n) is 18.1. The predicted octanol–water partition coefficient (Wildman–Crippen LogP) is 3.40. The molecule has 1 saturated heterocycles. The van der Waals surface area contributed by atoms with E-state index in [1.54, 1.807) is 7.11 Å². The number of hydrogen-bond donors (Lipinski definition) is 2. The molecule has 1 aromatic rings. The van der Waals surface area contributed by atoms with Gasteiger partial charge in [-0.05, 0) is 50.4 Å². The lowest BCUT2D eigenvalue weighted by atomic mass is 10.1. The van der Waals surface area contributed by atoms with E-state index in [2.05, 4.69) is 46.7 Å². The highest BCUT2D eigenvalue weighted by Gasteiger charge is 2.12. The van der Waals surface area contributed by atoms with Gasteiger partial charge in [-0.1, -0.05) is 30.7 Å². The van der Waals surface area contributed by atoms with Crippen LogP contribution in [-0.4, -0.2) is 64.0 Å². The lowest BCUT2D eigenvalue weighted by molar-refractivity contribution is 0.0698. The number of hydrogen-bond acceptors (Lipinski definition) is 4. The van der Waals surface area contributed by atoms with Crippen molar-refractivity contribution in [2.75, 3.05) is 53.1 Å². The van der Waals surface area contributed by atoms with E-state index in [9.17, 15) is 0 Å². The fraction of sp³-hybridized carbons (Fsp3) is 0.682. The van der Waals surface area contributed by atoms with Crippen LogP contribution in [-0.2, 0) is 22.6 Å². The molecule has 0 spiro atoms. The topological polar surface area (TPSA) is 58.1 Å². The highest BCUT2D eigenvalue weighted by atomic mass is 127. The zero-order chi connectivity index (χ0) is 19.9. The summed E-state index contributed by atoms with van der Waals surface area (Å²) in [6, 6.07) is 8.70. The Balaban J connectivity index is 0.00000420. The van der Waals surface area contributed by atoms with E-state index >= 15 is 0 Å². The molecular formula is C22H39IN4O2. The summed E-state index contributed by atoms with van der Waals surface area (Å²) in [5.74, 6) is 0.868. The molecule has 1 heterocycles. The molecule has 0 radical (unpaired) electrons. The van der Waals surface area contributed by atoms with Crippen LogP contribution in [0.1, 0.15) is 43.7 Å². The number of methoxy groups -OCH3 is 1. The number of halogens is 1. The lowest BCUT2D eigenvalue weighted by Crippen LogP contribution is -2.38. The molecule has 1 fully saturated rings. The number of likely N-dealkylation sites (tertiary alicyclic amines) is 1. The van der Waals surface area contributed by atoms with E-state index in [0.717, 1.165) is 38.6 Å². The minimum Gasteiger partial charge on any atom is -0.382 e. The van der Waals surface area contributed by atoms with Gasteiger partial charge in [0.15, 0.2) is 5.96 Å². The van der Waals surface area contributed by atoms with Crippen molar-refractivity contribution in [2.24, 2.45) is 4.99 Å². The number of guanidine groups is 1. The number of piperidine rings is 1. The quantitative estimate of drug-likeness (QED) is 0.192. The van der Waals surface area contributed by atoms with Gasteiger partial charge in [0.25, 0.3) is 0 Å². The molecular weight excluding hydrogens is 479 g/mol. The summed E-state index contributed by atoms with van der Waals surface area (Å²) in [6.45, 7) is 9.98. The largest absolute Gasteiger partial charge is 0.382 e. The Labute approximate surface area is 193 Å². The lowest BCUT2D eigenvalue weighted by Gasteiger charge is -2.27. The standard InChI is InChI=1S/C22H38N4O2.HI/c1-3-23-22(24-12-9-15-28-17-16-27-2)25-18-20-10-5-6-11-21(20)19-26-13-7-4-8-14-26;/h5-6,10-11H,3-4,7-9,12-19H2,1-2H3,(H2,23,24,25);1H. The van der Waals surface area contributed by atoms with Gasteiger partial charge in [-0.15, -0.1) is 24.0 Å². The van der Waals surface area contributed by atoms with Gasteiger partial charge in [0.05, 0.1) is 19.8 Å². The van der Waals surface area contributed by atoms with Crippen LogP contribution in [0.3, 0.4) is 0 Å². The fourth-order valence-electron chi connectivity index (χ4n) is 3.36. The first kappa shape index (κ1) is 26.1. The van der Waals surface area contributed by atoms with Gasteiger partial charge >= 0.3 is 0 Å². The maximum Gasteiger partial charge on any atom is 0.191 e. The van der Waals surface area contributed by atoms with Crippen molar-refractivity contribution < 1.29 is 9.47 Å². The van der Waals surface area contributed by atoms with Crippen molar-refractivity contribution in [2.45, 2.75) is 45.7 Å². The van der Waals surface area contributed by atoms with Gasteiger partial charge in [0, 0.05) is 33.4 Å². The summed E-state index contributed by atoms with van der Waals surface area (Å²) in [7, 11) is 1.69. The van der Waals surface area contributed by atoms with Crippen molar-refractivity contribution in [3.05, 3.63) is 35.4 Å². The van der Waals surface area contributed by atoms with Crippen molar-refractivity contribution in [3.63, 3.8) is 0 Å². The second-order valence-corrected chi connectivity index (χ2v) is 7.19. The summed E-state index contributed by atoms with van der Waals surface area (Å²) >= 11 is 0. The first-order chi connectivity index (χ1) is 13.8. The Bertz CT molecular complexity index is 565. The van der Waals surface area contributed by atoms with Gasteiger partial charge in [0.2, 0.25) is 0 Å². The summed E-state index contributed by atoms with van der Waals surface area (Å²) in [5.41, 5.74) is 2.71. The zero-order valence-corrected chi connectivity index (χ0v) is 20.5. The van der Waals surface area contributed by atoms with E-state index in [1.165, 1.54) is 43.5 Å². The first-order valence-corrected chi connectivity index (χ1v) is 10.7. The maximum atomic E-state index is 5.50. The van der Waals surface area contributed by atoms with Crippen LogP contribution in [0.2, 0.25) is 0 Å². The molecule has 0 aromatic heterocycles. The first-order valence-electron chi connectivity index (χ1n) is 10.7. The second kappa shape index (κ2) is 16.8. The van der Waals surface area contributed by atoms with Crippen LogP contribution in [0.5, 0.6) is 0 Å². The van der Waals surface area contributed by atoms with Crippen molar-refractivity contribution in [3.8, 4) is 0 Å². The maximum absolute atomic E-state index is 5.50. The number of benzene rings is 1. The Hall–Kier alpha value is -0.900. The molecule has 0 bridgehead atoms. The van der Waals surface area contributed by atoms with Gasteiger partial charge in [-0.25, -0.2) is 4.99 Å². The van der Waals surface area contributed by atoms with Gasteiger partial charge in [0.1, 0.15) is 0 Å². The number of nitrogens with zero attached hydrogens (tertiary/aromatic N) is 2. The Kier molecular flexibility index (Phi) is 15.2. The molecule has 29 heavy (non-hydrogen) atoms. The molecule has 0 atom stereocenters. The third kappa shape index (κ3) is 11.2. The Morgan fingerprint density at radius 1 is 1.03 bits per heavy atom. The van der Waals surface area contributed by atoms with Crippen LogP contribution in [0.15, 0.2) is 29.3 Å². The monoisotopic (exact) mass is 518 g/mol. The molecule has 2 N–H and O–H groups in total. The molecule has 7 heteroatoms. The molecule has 2 rings (SSSR count). The van der Waals surface area contributed by atoms with Crippen LogP contribution in [0, 0.1) is 0 Å². The molecule has 0 saturated carbocycles. The third-order valence-corrected chi connectivity index (χ3v) is 4.90. The smallest absolute Gasteiger partial charge is 0.191 e. The van der Waals surface area contributed by atoms with Crippen LogP contribution in [0.4, 0.5) is 0 Å². The van der Waals surface area contributed by atoms with Crippen LogP contribution in [0.25, 0.3) is 0 Å². The molecule has 1 aliphatic rings. The summed E-state index contributed by atoms with van der Waals surface area (Å²) < 4.78 is 10.5. The highest BCUT2D eigenvalue weighted by Crippen LogP contribution is 2.16. The molecule has 0 amide bonds. The number of ether oxygens (including phenoxy) is 2. The second-order valence-electron chi connectivity index (χ2n) is 7.19. The van der Waals surface area contributed by atoms with E-state index < -0.39 is 0 Å². The van der Waals surface area contributed by atoms with Crippen molar-refractivity contribution in [1.82, 2.24) is 15.5 Å². The van der Waals surface area contributed by atoms with Crippen LogP contribution >= 0.6 is 24.0 Å². The minimum absolute atomic E-state index is 0. The van der Waals surface area contributed by atoms with E-state index in [1.807, 2.05) is 0 Å². The third-order valence-electron chi connectivity index (χ3n) is 4.90. The summed E-state index contributed by atoms with van der Waals surface area (Å²) in [5, 5.41) is 6.73. The highest BCUT2D eigenvalue weighted by molar-refractivity contribution is 14.0. The number of rotatable bonds is 12. The average Bonchev–Trinajstić information content (AvgIpc) is 2.73. The number of nitrogens with one attached hydrogen (secondary N) is 2. The average molecular weight is 518 g/mol.